The monoisotopic (exact) mass is 207 g/mol. The second-order valence-electron chi connectivity index (χ2n) is 3.00. The summed E-state index contributed by atoms with van der Waals surface area (Å²) < 4.78 is 1.07. The summed E-state index contributed by atoms with van der Waals surface area (Å²) in [7, 11) is 0. The summed E-state index contributed by atoms with van der Waals surface area (Å²) in [6, 6.07) is 8.67. The Morgan fingerprint density at radius 2 is 2.14 bits per heavy atom. The molecule has 0 radical (unpaired) electrons. The van der Waals surface area contributed by atoms with Gasteiger partial charge in [-0.05, 0) is 17.5 Å². The molecule has 0 amide bonds. The van der Waals surface area contributed by atoms with Crippen molar-refractivity contribution in [2.45, 2.75) is 6.04 Å². The molecule has 0 aliphatic rings. The van der Waals surface area contributed by atoms with Crippen LogP contribution in [0.1, 0.15) is 10.9 Å². The van der Waals surface area contributed by atoms with Crippen LogP contribution in [0, 0.1) is 0 Å². The van der Waals surface area contributed by atoms with E-state index in [0.29, 0.717) is 4.88 Å². The van der Waals surface area contributed by atoms with Gasteiger partial charge in [0.2, 0.25) is 0 Å². The molecule has 1 atom stereocenters. The molecule has 2 rings (SSSR count). The van der Waals surface area contributed by atoms with Crippen molar-refractivity contribution in [1.29, 1.82) is 0 Å². The second-order valence-corrected chi connectivity index (χ2v) is 4.12. The summed E-state index contributed by atoms with van der Waals surface area (Å²) in [5.74, 6) is -0.989. The minimum Gasteiger partial charge on any atom is -0.480 e. The van der Waals surface area contributed by atoms with Crippen molar-refractivity contribution in [3.63, 3.8) is 0 Å². The Kier molecular flexibility index (Phi) is 2.23. The normalized spacial score (nSPS) is 12.9. The van der Waals surface area contributed by atoms with Crippen LogP contribution in [-0.2, 0) is 4.79 Å². The maximum absolute atomic E-state index is 10.7. The van der Waals surface area contributed by atoms with Crippen LogP contribution in [-0.4, -0.2) is 11.1 Å². The van der Waals surface area contributed by atoms with Crippen LogP contribution in [0.25, 0.3) is 10.1 Å². The van der Waals surface area contributed by atoms with E-state index in [1.54, 1.807) is 0 Å². The maximum Gasteiger partial charge on any atom is 0.325 e. The number of carboxylic acids is 1. The highest BCUT2D eigenvalue weighted by atomic mass is 32.1. The van der Waals surface area contributed by atoms with Crippen LogP contribution in [0.4, 0.5) is 0 Å². The highest BCUT2D eigenvalue weighted by Crippen LogP contribution is 2.28. The Balaban J connectivity index is 2.50. The predicted molar refractivity (Wildman–Crippen MR) is 56.4 cm³/mol. The number of fused-ring (bicyclic) bond motifs is 1. The summed E-state index contributed by atoms with van der Waals surface area (Å²) in [5, 5.41) is 9.79. The van der Waals surface area contributed by atoms with E-state index in [1.165, 1.54) is 11.3 Å². The van der Waals surface area contributed by atoms with Crippen molar-refractivity contribution in [3.05, 3.63) is 35.2 Å². The number of aliphatic carboxylic acids is 1. The first-order chi connectivity index (χ1) is 6.68. The third kappa shape index (κ3) is 1.49. The van der Waals surface area contributed by atoms with Crippen LogP contribution in [0.5, 0.6) is 0 Å². The lowest BCUT2D eigenvalue weighted by Crippen LogP contribution is -2.19. The van der Waals surface area contributed by atoms with Crippen molar-refractivity contribution in [2.75, 3.05) is 0 Å². The molecule has 1 heterocycles. The predicted octanol–water partition coefficient (Wildman–Crippen LogP) is 1.99. The quantitative estimate of drug-likeness (QED) is 0.791. The van der Waals surface area contributed by atoms with Crippen molar-refractivity contribution >= 4 is 27.4 Å². The lowest BCUT2D eigenvalue weighted by atomic mass is 10.2. The van der Waals surface area contributed by atoms with E-state index in [1.807, 2.05) is 30.3 Å². The Morgan fingerprint density at radius 3 is 2.79 bits per heavy atom. The molecule has 2 aromatic rings. The Hall–Kier alpha value is -1.39. The fourth-order valence-corrected chi connectivity index (χ4v) is 2.34. The number of hydrogen-bond donors (Lipinski definition) is 2. The molecule has 14 heavy (non-hydrogen) atoms. The third-order valence-electron chi connectivity index (χ3n) is 2.02. The van der Waals surface area contributed by atoms with Gasteiger partial charge in [-0.15, -0.1) is 11.3 Å². The summed E-state index contributed by atoms with van der Waals surface area (Å²) >= 11 is 1.43. The van der Waals surface area contributed by atoms with Gasteiger partial charge in [-0.25, -0.2) is 0 Å². The number of hydrogen-bond acceptors (Lipinski definition) is 3. The lowest BCUT2D eigenvalue weighted by Gasteiger charge is -2.00. The molecule has 3 N–H and O–H groups in total. The minimum absolute atomic E-state index is 0.693. The van der Waals surface area contributed by atoms with Gasteiger partial charge in [-0.1, -0.05) is 18.2 Å². The largest absolute Gasteiger partial charge is 0.480 e. The first kappa shape index (κ1) is 9.18. The molecule has 3 nitrogen and oxygen atoms in total. The number of carbonyl (C=O) groups is 1. The highest BCUT2D eigenvalue weighted by molar-refractivity contribution is 7.19. The molecular weight excluding hydrogens is 198 g/mol. The van der Waals surface area contributed by atoms with Crippen molar-refractivity contribution in [2.24, 2.45) is 5.73 Å². The molecule has 0 aliphatic heterocycles. The number of rotatable bonds is 2. The van der Waals surface area contributed by atoms with Crippen molar-refractivity contribution < 1.29 is 9.90 Å². The summed E-state index contributed by atoms with van der Waals surface area (Å²) in [4.78, 5) is 11.4. The van der Waals surface area contributed by atoms with E-state index < -0.39 is 12.0 Å². The number of benzene rings is 1. The van der Waals surface area contributed by atoms with Gasteiger partial charge >= 0.3 is 5.97 Å². The molecule has 0 spiro atoms. The Morgan fingerprint density at radius 1 is 1.43 bits per heavy atom. The zero-order chi connectivity index (χ0) is 10.1. The van der Waals surface area contributed by atoms with Gasteiger partial charge < -0.3 is 10.8 Å². The molecule has 4 heteroatoms. The average molecular weight is 207 g/mol. The van der Waals surface area contributed by atoms with Crippen LogP contribution < -0.4 is 5.73 Å². The Bertz CT molecular complexity index is 445. The first-order valence-corrected chi connectivity index (χ1v) is 4.97. The van der Waals surface area contributed by atoms with E-state index in [9.17, 15) is 4.79 Å². The van der Waals surface area contributed by atoms with Crippen molar-refractivity contribution in [3.8, 4) is 0 Å². The van der Waals surface area contributed by atoms with E-state index in [0.717, 1.165) is 10.1 Å². The Labute approximate surface area is 84.8 Å². The standard InChI is InChI=1S/C10H9NO2S/c11-9(10(12)13)8-5-6-3-1-2-4-7(6)14-8/h1-5,9H,11H2,(H,12,13). The van der Waals surface area contributed by atoms with Crippen LogP contribution in [0.15, 0.2) is 30.3 Å². The minimum atomic E-state index is -0.989. The van der Waals surface area contributed by atoms with E-state index >= 15 is 0 Å². The SMILES string of the molecule is NC(C(=O)O)c1cc2ccccc2s1. The second kappa shape index (κ2) is 3.40. The van der Waals surface area contributed by atoms with E-state index in [-0.39, 0.29) is 0 Å². The summed E-state index contributed by atoms with van der Waals surface area (Å²) in [6.45, 7) is 0. The van der Waals surface area contributed by atoms with Crippen molar-refractivity contribution in [1.82, 2.24) is 0 Å². The molecule has 0 fully saturated rings. The zero-order valence-corrected chi connectivity index (χ0v) is 8.12. The smallest absolute Gasteiger partial charge is 0.325 e. The maximum atomic E-state index is 10.7. The summed E-state index contributed by atoms with van der Waals surface area (Å²) in [5.41, 5.74) is 5.51. The number of carboxylic acid groups (broad SMARTS) is 1. The van der Waals surface area contributed by atoms with Gasteiger partial charge in [-0.3, -0.25) is 4.79 Å². The summed E-state index contributed by atoms with van der Waals surface area (Å²) in [6.07, 6.45) is 0. The average Bonchev–Trinajstić information content (AvgIpc) is 2.59. The molecule has 0 aliphatic carbocycles. The van der Waals surface area contributed by atoms with Crippen LogP contribution in [0.3, 0.4) is 0 Å². The highest BCUT2D eigenvalue weighted by Gasteiger charge is 2.16. The van der Waals surface area contributed by atoms with Gasteiger partial charge in [0.05, 0.1) is 0 Å². The topological polar surface area (TPSA) is 63.3 Å². The van der Waals surface area contributed by atoms with Gasteiger partial charge in [0.25, 0.3) is 0 Å². The van der Waals surface area contributed by atoms with E-state index in [2.05, 4.69) is 0 Å². The molecular formula is C10H9NO2S. The van der Waals surface area contributed by atoms with Gasteiger partial charge in [-0.2, -0.15) is 0 Å². The number of nitrogens with two attached hydrogens (primary N) is 1. The molecule has 0 bridgehead atoms. The molecule has 0 saturated carbocycles. The van der Waals surface area contributed by atoms with Crippen LogP contribution >= 0.6 is 11.3 Å². The number of thiophene rings is 1. The van der Waals surface area contributed by atoms with E-state index in [4.69, 9.17) is 10.8 Å². The first-order valence-electron chi connectivity index (χ1n) is 4.15. The fourth-order valence-electron chi connectivity index (χ4n) is 1.28. The lowest BCUT2D eigenvalue weighted by molar-refractivity contribution is -0.138. The van der Waals surface area contributed by atoms with Crippen LogP contribution in [0.2, 0.25) is 0 Å². The molecule has 0 saturated heterocycles. The zero-order valence-electron chi connectivity index (χ0n) is 7.31. The fraction of sp³-hybridized carbons (Fsp3) is 0.100. The molecule has 72 valence electrons. The van der Waals surface area contributed by atoms with Gasteiger partial charge in [0.15, 0.2) is 0 Å². The van der Waals surface area contributed by atoms with Gasteiger partial charge in [0.1, 0.15) is 6.04 Å². The molecule has 1 unspecified atom stereocenters. The molecule has 1 aromatic heterocycles. The third-order valence-corrected chi connectivity index (χ3v) is 3.22. The molecule has 1 aromatic carbocycles. The van der Waals surface area contributed by atoms with Gasteiger partial charge in [0, 0.05) is 9.58 Å².